The molecule has 0 unspecified atom stereocenters. The lowest BCUT2D eigenvalue weighted by Crippen LogP contribution is -2.10. The van der Waals surface area contributed by atoms with Crippen LogP contribution in [0.3, 0.4) is 0 Å². The quantitative estimate of drug-likeness (QED) is 0.795. The first-order valence-electron chi connectivity index (χ1n) is 3.28. The molecule has 8 heteroatoms. The van der Waals surface area contributed by atoms with Gasteiger partial charge in [-0.3, -0.25) is 4.79 Å². The summed E-state index contributed by atoms with van der Waals surface area (Å²) in [5.41, 5.74) is -1.72. The van der Waals surface area contributed by atoms with Crippen molar-refractivity contribution in [3.8, 4) is 0 Å². The number of rotatable bonds is 2. The molecule has 0 spiro atoms. The van der Waals surface area contributed by atoms with E-state index in [1.165, 1.54) is 0 Å². The van der Waals surface area contributed by atoms with Crippen LogP contribution in [-0.4, -0.2) is 13.4 Å². The fraction of sp³-hybridized carbons (Fsp3) is 0.167. The van der Waals surface area contributed by atoms with Gasteiger partial charge in [0.25, 0.3) is 15.5 Å². The van der Waals surface area contributed by atoms with E-state index in [-0.39, 0.29) is 0 Å². The van der Waals surface area contributed by atoms with Gasteiger partial charge >= 0.3 is 0 Å². The summed E-state index contributed by atoms with van der Waals surface area (Å²) in [6.45, 7) is 0. The lowest BCUT2D eigenvalue weighted by Gasteiger charge is -2.00. The van der Waals surface area contributed by atoms with E-state index in [0.717, 1.165) is 0 Å². The van der Waals surface area contributed by atoms with Gasteiger partial charge in [-0.15, -0.1) is 0 Å². The summed E-state index contributed by atoms with van der Waals surface area (Å²) in [5.74, 6) is 0. The van der Waals surface area contributed by atoms with Gasteiger partial charge < -0.3 is 4.98 Å². The van der Waals surface area contributed by atoms with E-state index in [1.807, 2.05) is 0 Å². The van der Waals surface area contributed by atoms with E-state index in [1.54, 1.807) is 4.98 Å². The van der Waals surface area contributed by atoms with Crippen molar-refractivity contribution in [2.45, 2.75) is 11.3 Å². The molecule has 0 atom stereocenters. The van der Waals surface area contributed by atoms with Crippen molar-refractivity contribution >= 4 is 19.7 Å². The molecule has 0 aliphatic rings. The highest BCUT2D eigenvalue weighted by molar-refractivity contribution is 8.13. The van der Waals surface area contributed by atoms with Crippen LogP contribution in [0.25, 0.3) is 0 Å². The average Bonchev–Trinajstić information content (AvgIpc) is 2.01. The van der Waals surface area contributed by atoms with E-state index in [2.05, 4.69) is 0 Å². The second-order valence-electron chi connectivity index (χ2n) is 2.37. The highest BCUT2D eigenvalue weighted by Gasteiger charge is 2.16. The molecule has 0 aromatic carbocycles. The summed E-state index contributed by atoms with van der Waals surface area (Å²) < 4.78 is 45.7. The molecule has 0 saturated heterocycles. The molecular weight excluding hydrogens is 240 g/mol. The van der Waals surface area contributed by atoms with Crippen molar-refractivity contribution in [1.29, 1.82) is 0 Å². The predicted octanol–water partition coefficient (Wildman–Crippen LogP) is 1.24. The van der Waals surface area contributed by atoms with E-state index >= 15 is 0 Å². The third-order valence-corrected chi connectivity index (χ3v) is 2.69. The van der Waals surface area contributed by atoms with Gasteiger partial charge in [-0.2, -0.15) is 0 Å². The summed E-state index contributed by atoms with van der Waals surface area (Å²) in [7, 11) is 0.719. The standard InChI is InChI=1S/C6H4ClF2NO3S/c7-14(12,13)3-1-4(6(8)9)10-5(11)2-3/h1-2,6H,(H,10,11). The molecule has 0 saturated carbocycles. The molecule has 1 heterocycles. The molecule has 78 valence electrons. The van der Waals surface area contributed by atoms with Gasteiger partial charge in [0.05, 0.1) is 10.6 Å². The van der Waals surface area contributed by atoms with Gasteiger partial charge in [0.15, 0.2) is 0 Å². The van der Waals surface area contributed by atoms with Gasteiger partial charge in [0.1, 0.15) is 0 Å². The van der Waals surface area contributed by atoms with Crippen LogP contribution >= 0.6 is 10.7 Å². The molecule has 1 aromatic rings. The lowest BCUT2D eigenvalue weighted by atomic mass is 10.3. The van der Waals surface area contributed by atoms with Gasteiger partial charge in [0, 0.05) is 16.7 Å². The minimum atomic E-state index is -4.16. The van der Waals surface area contributed by atoms with Crippen LogP contribution in [0.5, 0.6) is 0 Å². The minimum absolute atomic E-state index is 0.619. The number of aromatic nitrogens is 1. The van der Waals surface area contributed by atoms with Crippen LogP contribution in [0.15, 0.2) is 21.8 Å². The molecule has 0 fully saturated rings. The molecule has 0 aliphatic heterocycles. The molecule has 0 amide bonds. The first-order valence-corrected chi connectivity index (χ1v) is 5.59. The third kappa shape index (κ3) is 2.52. The molecular formula is C6H4ClF2NO3S. The fourth-order valence-electron chi connectivity index (χ4n) is 0.797. The zero-order valence-electron chi connectivity index (χ0n) is 6.50. The molecule has 14 heavy (non-hydrogen) atoms. The SMILES string of the molecule is O=c1cc(S(=O)(=O)Cl)cc(C(F)F)[nH]1. The summed E-state index contributed by atoms with van der Waals surface area (Å²) in [4.78, 5) is 11.9. The number of aromatic amines is 1. The maximum absolute atomic E-state index is 12.1. The van der Waals surface area contributed by atoms with Crippen LogP contribution in [-0.2, 0) is 9.05 Å². The van der Waals surface area contributed by atoms with Crippen molar-refractivity contribution < 1.29 is 17.2 Å². The maximum Gasteiger partial charge on any atom is 0.278 e. The Labute approximate surface area is 81.9 Å². The Bertz CT molecular complexity index is 496. The van der Waals surface area contributed by atoms with Crippen molar-refractivity contribution in [3.63, 3.8) is 0 Å². The Morgan fingerprint density at radius 1 is 1.36 bits per heavy atom. The number of hydrogen-bond donors (Lipinski definition) is 1. The smallest absolute Gasteiger partial charge is 0.278 e. The normalized spacial score (nSPS) is 12.0. The van der Waals surface area contributed by atoms with E-state index in [9.17, 15) is 22.0 Å². The Kier molecular flexibility index (Phi) is 2.91. The van der Waals surface area contributed by atoms with Crippen LogP contribution in [0.2, 0.25) is 0 Å². The van der Waals surface area contributed by atoms with Crippen LogP contribution < -0.4 is 5.56 Å². The summed E-state index contributed by atoms with van der Waals surface area (Å²) in [6.07, 6.45) is -2.96. The third-order valence-electron chi connectivity index (χ3n) is 1.36. The Balaban J connectivity index is 3.43. The number of nitrogens with one attached hydrogen (secondary N) is 1. The van der Waals surface area contributed by atoms with Gasteiger partial charge in [-0.05, 0) is 6.07 Å². The zero-order valence-corrected chi connectivity index (χ0v) is 8.07. The van der Waals surface area contributed by atoms with E-state index in [0.29, 0.717) is 12.1 Å². The van der Waals surface area contributed by atoms with Gasteiger partial charge in [0.2, 0.25) is 5.56 Å². The minimum Gasteiger partial charge on any atom is -0.321 e. The summed E-state index contributed by atoms with van der Waals surface area (Å²) in [6, 6.07) is 1.25. The second-order valence-corrected chi connectivity index (χ2v) is 4.94. The van der Waals surface area contributed by atoms with E-state index in [4.69, 9.17) is 10.7 Å². The number of pyridine rings is 1. The Hall–Kier alpha value is -0.950. The molecule has 0 aliphatic carbocycles. The second kappa shape index (κ2) is 3.66. The number of hydrogen-bond acceptors (Lipinski definition) is 3. The molecule has 0 radical (unpaired) electrons. The van der Waals surface area contributed by atoms with Crippen molar-refractivity contribution in [3.05, 3.63) is 28.2 Å². The monoisotopic (exact) mass is 243 g/mol. The zero-order chi connectivity index (χ0) is 10.9. The maximum atomic E-state index is 12.1. The largest absolute Gasteiger partial charge is 0.321 e. The van der Waals surface area contributed by atoms with Crippen LogP contribution in [0.4, 0.5) is 8.78 Å². The van der Waals surface area contributed by atoms with Gasteiger partial charge in [-0.25, -0.2) is 17.2 Å². The van der Waals surface area contributed by atoms with Crippen molar-refractivity contribution in [2.24, 2.45) is 0 Å². The fourth-order valence-corrected chi connectivity index (χ4v) is 1.58. The predicted molar refractivity (Wildman–Crippen MR) is 45.1 cm³/mol. The average molecular weight is 244 g/mol. The molecule has 1 aromatic heterocycles. The van der Waals surface area contributed by atoms with Crippen LogP contribution in [0.1, 0.15) is 12.1 Å². The highest BCUT2D eigenvalue weighted by atomic mass is 35.7. The molecule has 1 N–H and O–H groups in total. The summed E-state index contributed by atoms with van der Waals surface area (Å²) in [5, 5.41) is 0. The first-order chi connectivity index (χ1) is 6.30. The first kappa shape index (κ1) is 11.1. The topological polar surface area (TPSA) is 67.0 Å². The number of alkyl halides is 2. The molecule has 1 rings (SSSR count). The summed E-state index contributed by atoms with van der Waals surface area (Å²) >= 11 is 0. The number of halogens is 3. The van der Waals surface area contributed by atoms with Crippen molar-refractivity contribution in [2.75, 3.05) is 0 Å². The lowest BCUT2D eigenvalue weighted by molar-refractivity contribution is 0.145. The van der Waals surface area contributed by atoms with E-state index < -0.39 is 31.6 Å². The number of H-pyrrole nitrogens is 1. The highest BCUT2D eigenvalue weighted by Crippen LogP contribution is 2.19. The Morgan fingerprint density at radius 3 is 2.36 bits per heavy atom. The van der Waals surface area contributed by atoms with Crippen LogP contribution in [0, 0.1) is 0 Å². The van der Waals surface area contributed by atoms with Gasteiger partial charge in [-0.1, -0.05) is 0 Å². The van der Waals surface area contributed by atoms with Crippen molar-refractivity contribution in [1.82, 2.24) is 4.98 Å². The Morgan fingerprint density at radius 2 is 1.93 bits per heavy atom. The molecule has 4 nitrogen and oxygen atoms in total. The molecule has 0 bridgehead atoms.